The van der Waals surface area contributed by atoms with Crippen molar-refractivity contribution in [3.05, 3.63) is 24.0 Å². The molecule has 1 atom stereocenters. The van der Waals surface area contributed by atoms with Crippen LogP contribution in [0.5, 0.6) is 0 Å². The number of rotatable bonds is 5. The second kappa shape index (κ2) is 7.29. The van der Waals surface area contributed by atoms with Crippen molar-refractivity contribution < 1.29 is 9.53 Å². The minimum atomic E-state index is 0.251. The third-order valence-corrected chi connectivity index (χ3v) is 4.99. The lowest BCUT2D eigenvalue weighted by molar-refractivity contribution is -0.124. The standard InChI is InChI=1S/C17H27N3O2/c1-19-9-4-7-15(19)16-13-22-12-11-20(16)10-8-18-17(21)14-5-2-3-6-14/h4,7,9,14,16H,2-3,5-6,8,10-13H2,1H3,(H,18,21)/t16-/m1/s1. The van der Waals surface area contributed by atoms with Gasteiger partial charge in [0.1, 0.15) is 0 Å². The van der Waals surface area contributed by atoms with E-state index in [0.29, 0.717) is 0 Å². The normalized spacial score (nSPS) is 23.8. The van der Waals surface area contributed by atoms with Crippen LogP contribution in [0.15, 0.2) is 18.3 Å². The van der Waals surface area contributed by atoms with E-state index in [1.165, 1.54) is 18.5 Å². The number of morpholine rings is 1. The van der Waals surface area contributed by atoms with E-state index in [4.69, 9.17) is 4.74 Å². The molecule has 22 heavy (non-hydrogen) atoms. The van der Waals surface area contributed by atoms with Gasteiger partial charge in [0, 0.05) is 44.5 Å². The van der Waals surface area contributed by atoms with Crippen LogP contribution in [0.3, 0.4) is 0 Å². The fraction of sp³-hybridized carbons (Fsp3) is 0.706. The summed E-state index contributed by atoms with van der Waals surface area (Å²) in [6.07, 6.45) is 6.61. The summed E-state index contributed by atoms with van der Waals surface area (Å²) in [6.45, 7) is 4.05. The molecule has 1 amide bonds. The van der Waals surface area contributed by atoms with Crippen LogP contribution in [0.2, 0.25) is 0 Å². The second-order valence-electron chi connectivity index (χ2n) is 6.44. The van der Waals surface area contributed by atoms with E-state index in [0.717, 1.165) is 45.7 Å². The fourth-order valence-corrected chi connectivity index (χ4v) is 3.65. The van der Waals surface area contributed by atoms with Gasteiger partial charge >= 0.3 is 0 Å². The van der Waals surface area contributed by atoms with Crippen LogP contribution in [0, 0.1) is 5.92 Å². The van der Waals surface area contributed by atoms with Gasteiger partial charge in [0.05, 0.1) is 19.3 Å². The van der Waals surface area contributed by atoms with Crippen molar-refractivity contribution in [2.75, 3.05) is 32.8 Å². The molecule has 1 saturated heterocycles. The van der Waals surface area contributed by atoms with Crippen molar-refractivity contribution in [2.24, 2.45) is 13.0 Å². The Morgan fingerprint density at radius 3 is 2.95 bits per heavy atom. The Bertz CT molecular complexity index is 494. The lowest BCUT2D eigenvalue weighted by Gasteiger charge is -2.36. The molecule has 2 aliphatic rings. The third kappa shape index (κ3) is 3.52. The lowest BCUT2D eigenvalue weighted by Crippen LogP contribution is -2.44. The molecule has 0 radical (unpaired) electrons. The van der Waals surface area contributed by atoms with Gasteiger partial charge in [-0.05, 0) is 25.0 Å². The zero-order valence-electron chi connectivity index (χ0n) is 13.5. The highest BCUT2D eigenvalue weighted by Crippen LogP contribution is 2.25. The van der Waals surface area contributed by atoms with Gasteiger partial charge in [0.25, 0.3) is 0 Å². The van der Waals surface area contributed by atoms with E-state index in [9.17, 15) is 4.79 Å². The highest BCUT2D eigenvalue weighted by molar-refractivity contribution is 5.78. The topological polar surface area (TPSA) is 46.5 Å². The van der Waals surface area contributed by atoms with Crippen molar-refractivity contribution in [2.45, 2.75) is 31.7 Å². The molecule has 1 aromatic heterocycles. The number of amides is 1. The first-order valence-electron chi connectivity index (χ1n) is 8.46. The summed E-state index contributed by atoms with van der Waals surface area (Å²) >= 11 is 0. The van der Waals surface area contributed by atoms with E-state index in [1.807, 2.05) is 0 Å². The van der Waals surface area contributed by atoms with E-state index in [2.05, 4.69) is 40.2 Å². The number of aryl methyl sites for hydroxylation is 1. The minimum Gasteiger partial charge on any atom is -0.378 e. The van der Waals surface area contributed by atoms with Crippen LogP contribution in [0.4, 0.5) is 0 Å². The minimum absolute atomic E-state index is 0.251. The fourth-order valence-electron chi connectivity index (χ4n) is 3.65. The average molecular weight is 305 g/mol. The highest BCUT2D eigenvalue weighted by atomic mass is 16.5. The van der Waals surface area contributed by atoms with Crippen molar-refractivity contribution in [3.63, 3.8) is 0 Å². The molecule has 3 rings (SSSR count). The van der Waals surface area contributed by atoms with Gasteiger partial charge in [-0.15, -0.1) is 0 Å². The number of carbonyl (C=O) groups excluding carboxylic acids is 1. The number of ether oxygens (including phenoxy) is 1. The summed E-state index contributed by atoms with van der Waals surface area (Å²) in [4.78, 5) is 14.5. The summed E-state index contributed by atoms with van der Waals surface area (Å²) in [6, 6.07) is 4.52. The molecule has 1 N–H and O–H groups in total. The summed E-state index contributed by atoms with van der Waals surface area (Å²) < 4.78 is 7.81. The molecule has 1 aliphatic carbocycles. The Hall–Kier alpha value is -1.33. The monoisotopic (exact) mass is 305 g/mol. The molecular weight excluding hydrogens is 278 g/mol. The Kier molecular flexibility index (Phi) is 5.16. The van der Waals surface area contributed by atoms with Crippen LogP contribution < -0.4 is 5.32 Å². The van der Waals surface area contributed by atoms with Crippen LogP contribution in [0.1, 0.15) is 37.4 Å². The first-order valence-corrected chi connectivity index (χ1v) is 8.46. The maximum Gasteiger partial charge on any atom is 0.223 e. The van der Waals surface area contributed by atoms with E-state index < -0.39 is 0 Å². The molecule has 0 spiro atoms. The molecule has 1 saturated carbocycles. The van der Waals surface area contributed by atoms with E-state index >= 15 is 0 Å². The predicted molar refractivity (Wildman–Crippen MR) is 85.5 cm³/mol. The van der Waals surface area contributed by atoms with Crippen LogP contribution >= 0.6 is 0 Å². The van der Waals surface area contributed by atoms with Gasteiger partial charge in [-0.3, -0.25) is 9.69 Å². The van der Waals surface area contributed by atoms with Crippen molar-refractivity contribution in [1.82, 2.24) is 14.8 Å². The van der Waals surface area contributed by atoms with Gasteiger partial charge in [-0.1, -0.05) is 12.8 Å². The van der Waals surface area contributed by atoms with E-state index in [-0.39, 0.29) is 17.9 Å². The molecular formula is C17H27N3O2. The number of aromatic nitrogens is 1. The smallest absolute Gasteiger partial charge is 0.223 e. The number of hydrogen-bond donors (Lipinski definition) is 1. The van der Waals surface area contributed by atoms with Crippen molar-refractivity contribution in [1.29, 1.82) is 0 Å². The summed E-state index contributed by atoms with van der Waals surface area (Å²) in [5.41, 5.74) is 1.28. The Morgan fingerprint density at radius 2 is 2.23 bits per heavy atom. The number of nitrogens with zero attached hydrogens (tertiary/aromatic N) is 2. The Morgan fingerprint density at radius 1 is 1.41 bits per heavy atom. The number of carbonyl (C=O) groups is 1. The molecule has 5 nitrogen and oxygen atoms in total. The maximum absolute atomic E-state index is 12.1. The average Bonchev–Trinajstić information content (AvgIpc) is 3.19. The van der Waals surface area contributed by atoms with Crippen LogP contribution in [0.25, 0.3) is 0 Å². The molecule has 5 heteroatoms. The zero-order chi connectivity index (χ0) is 15.4. The lowest BCUT2D eigenvalue weighted by atomic mass is 10.1. The van der Waals surface area contributed by atoms with E-state index in [1.54, 1.807) is 0 Å². The van der Waals surface area contributed by atoms with Crippen molar-refractivity contribution >= 4 is 5.91 Å². The molecule has 122 valence electrons. The van der Waals surface area contributed by atoms with Gasteiger partial charge in [-0.2, -0.15) is 0 Å². The molecule has 2 fully saturated rings. The zero-order valence-corrected chi connectivity index (χ0v) is 13.5. The van der Waals surface area contributed by atoms with Crippen LogP contribution in [-0.4, -0.2) is 48.2 Å². The maximum atomic E-state index is 12.1. The molecule has 1 aliphatic heterocycles. The summed E-state index contributed by atoms with van der Waals surface area (Å²) in [5.74, 6) is 0.509. The largest absolute Gasteiger partial charge is 0.378 e. The molecule has 0 aromatic carbocycles. The van der Waals surface area contributed by atoms with Crippen molar-refractivity contribution in [3.8, 4) is 0 Å². The van der Waals surface area contributed by atoms with Gasteiger partial charge in [-0.25, -0.2) is 0 Å². The Labute approximate surface area is 132 Å². The molecule has 2 heterocycles. The van der Waals surface area contributed by atoms with Crippen LogP contribution in [-0.2, 0) is 16.6 Å². The quantitative estimate of drug-likeness (QED) is 0.901. The first kappa shape index (κ1) is 15.6. The highest BCUT2D eigenvalue weighted by Gasteiger charge is 2.27. The molecule has 0 bridgehead atoms. The van der Waals surface area contributed by atoms with Gasteiger partial charge in [0.15, 0.2) is 0 Å². The third-order valence-electron chi connectivity index (χ3n) is 4.99. The summed E-state index contributed by atoms with van der Waals surface area (Å²) in [7, 11) is 2.07. The number of hydrogen-bond acceptors (Lipinski definition) is 3. The summed E-state index contributed by atoms with van der Waals surface area (Å²) in [5, 5.41) is 3.12. The second-order valence-corrected chi connectivity index (χ2v) is 6.44. The van der Waals surface area contributed by atoms with Gasteiger partial charge in [0.2, 0.25) is 5.91 Å². The molecule has 1 aromatic rings. The SMILES string of the molecule is Cn1cccc1[C@H]1COCCN1CCNC(=O)C1CCCC1. The predicted octanol–water partition coefficient (Wildman–Crippen LogP) is 1.70. The molecule has 0 unspecified atom stereocenters. The first-order chi connectivity index (χ1) is 10.8. The number of nitrogens with one attached hydrogen (secondary N) is 1. The Balaban J connectivity index is 1.51. The van der Waals surface area contributed by atoms with Gasteiger partial charge < -0.3 is 14.6 Å².